The maximum absolute atomic E-state index is 12.3. The Morgan fingerprint density at radius 1 is 1.00 bits per heavy atom. The number of alkyl halides is 3. The van der Waals surface area contributed by atoms with Gasteiger partial charge in [-0.15, -0.1) is 0 Å². The maximum atomic E-state index is 12.3. The van der Waals surface area contributed by atoms with Gasteiger partial charge in [-0.2, -0.15) is 13.2 Å². The van der Waals surface area contributed by atoms with E-state index in [1.54, 1.807) is 12.1 Å². The molecule has 3 rings (SSSR count). The van der Waals surface area contributed by atoms with Gasteiger partial charge in [0.1, 0.15) is 6.42 Å². The second-order valence-electron chi connectivity index (χ2n) is 4.92. The predicted molar refractivity (Wildman–Crippen MR) is 69.7 cm³/mol. The fourth-order valence-corrected chi connectivity index (χ4v) is 2.58. The van der Waals surface area contributed by atoms with Gasteiger partial charge in [-0.3, -0.25) is 4.79 Å². The van der Waals surface area contributed by atoms with E-state index in [2.05, 4.69) is 0 Å². The van der Waals surface area contributed by atoms with Crippen molar-refractivity contribution in [2.75, 3.05) is 0 Å². The quantitative estimate of drug-likeness (QED) is 0.634. The Hall–Kier alpha value is -2.10. The monoisotopic (exact) mass is 276 g/mol. The minimum atomic E-state index is -4.46. The van der Waals surface area contributed by atoms with E-state index in [-0.39, 0.29) is 5.56 Å². The third kappa shape index (κ3) is 2.33. The van der Waals surface area contributed by atoms with Crippen LogP contribution in [0.1, 0.15) is 27.9 Å². The lowest BCUT2D eigenvalue weighted by molar-refractivity contribution is -0.125. The highest BCUT2D eigenvalue weighted by atomic mass is 19.4. The SMILES string of the molecule is O=C(CC(F)(F)F)c1ccc2c(c1)-c1ccccc1C2. The number of hydrogen-bond donors (Lipinski definition) is 0. The lowest BCUT2D eigenvalue weighted by Crippen LogP contribution is -2.15. The summed E-state index contributed by atoms with van der Waals surface area (Å²) in [5, 5.41) is 0. The van der Waals surface area contributed by atoms with Gasteiger partial charge >= 0.3 is 6.18 Å². The van der Waals surface area contributed by atoms with Crippen molar-refractivity contribution in [3.8, 4) is 11.1 Å². The third-order valence-electron chi connectivity index (χ3n) is 3.48. The number of Topliss-reactive ketones (excluding diaryl/α,β-unsaturated/α-hetero) is 1. The van der Waals surface area contributed by atoms with Crippen LogP contribution in [0.5, 0.6) is 0 Å². The molecule has 0 spiro atoms. The molecule has 0 radical (unpaired) electrons. The Balaban J connectivity index is 1.98. The van der Waals surface area contributed by atoms with Crippen LogP contribution in [0.3, 0.4) is 0 Å². The van der Waals surface area contributed by atoms with Crippen LogP contribution in [0.2, 0.25) is 0 Å². The van der Waals surface area contributed by atoms with Crippen LogP contribution in [-0.4, -0.2) is 12.0 Å². The summed E-state index contributed by atoms with van der Waals surface area (Å²) < 4.78 is 36.9. The van der Waals surface area contributed by atoms with Crippen LogP contribution < -0.4 is 0 Å². The molecule has 1 nitrogen and oxygen atoms in total. The standard InChI is InChI=1S/C16H11F3O/c17-16(18,19)9-15(20)12-6-5-11-7-10-3-1-2-4-13(10)14(11)8-12/h1-6,8H,7,9H2. The van der Waals surface area contributed by atoms with E-state index in [1.807, 2.05) is 24.3 Å². The first kappa shape index (κ1) is 12.9. The Kier molecular flexibility index (Phi) is 2.89. The molecule has 20 heavy (non-hydrogen) atoms. The Morgan fingerprint density at radius 3 is 2.45 bits per heavy atom. The largest absolute Gasteiger partial charge is 0.396 e. The molecule has 2 aromatic carbocycles. The van der Waals surface area contributed by atoms with Crippen molar-refractivity contribution in [2.24, 2.45) is 0 Å². The first-order valence-electron chi connectivity index (χ1n) is 6.25. The molecule has 1 aliphatic carbocycles. The van der Waals surface area contributed by atoms with Crippen LogP contribution in [0.4, 0.5) is 13.2 Å². The number of hydrogen-bond acceptors (Lipinski definition) is 1. The van der Waals surface area contributed by atoms with Crippen molar-refractivity contribution in [1.82, 2.24) is 0 Å². The van der Waals surface area contributed by atoms with Crippen molar-refractivity contribution in [2.45, 2.75) is 19.0 Å². The number of ketones is 1. The Morgan fingerprint density at radius 2 is 1.70 bits per heavy atom. The Bertz CT molecular complexity index is 686. The normalized spacial score (nSPS) is 12.9. The summed E-state index contributed by atoms with van der Waals surface area (Å²) in [5.41, 5.74) is 4.19. The molecule has 0 bridgehead atoms. The van der Waals surface area contributed by atoms with Crippen LogP contribution >= 0.6 is 0 Å². The second-order valence-corrected chi connectivity index (χ2v) is 4.92. The summed E-state index contributed by atoms with van der Waals surface area (Å²) in [6.45, 7) is 0. The van der Waals surface area contributed by atoms with E-state index in [0.717, 1.165) is 28.7 Å². The molecule has 0 N–H and O–H groups in total. The number of carbonyl (C=O) groups is 1. The zero-order valence-electron chi connectivity index (χ0n) is 10.5. The van der Waals surface area contributed by atoms with Crippen LogP contribution in [0, 0.1) is 0 Å². The van der Waals surface area contributed by atoms with E-state index in [0.29, 0.717) is 0 Å². The molecule has 0 aromatic heterocycles. The van der Waals surface area contributed by atoms with E-state index in [1.165, 1.54) is 6.07 Å². The zero-order valence-corrected chi connectivity index (χ0v) is 10.5. The zero-order chi connectivity index (χ0) is 14.3. The van der Waals surface area contributed by atoms with Gasteiger partial charge < -0.3 is 0 Å². The summed E-state index contributed by atoms with van der Waals surface area (Å²) in [6, 6.07) is 12.6. The highest BCUT2D eigenvalue weighted by Gasteiger charge is 2.32. The van der Waals surface area contributed by atoms with Gasteiger partial charge in [0, 0.05) is 5.56 Å². The Labute approximate surface area is 114 Å². The molecule has 4 heteroatoms. The van der Waals surface area contributed by atoms with Crippen LogP contribution in [0.15, 0.2) is 42.5 Å². The van der Waals surface area contributed by atoms with Crippen LogP contribution in [-0.2, 0) is 6.42 Å². The van der Waals surface area contributed by atoms with Gasteiger partial charge in [0.25, 0.3) is 0 Å². The van der Waals surface area contributed by atoms with Crippen molar-refractivity contribution in [3.63, 3.8) is 0 Å². The average Bonchev–Trinajstić information content (AvgIpc) is 2.74. The summed E-state index contributed by atoms with van der Waals surface area (Å²) in [5.74, 6) is -0.885. The first-order chi connectivity index (χ1) is 9.44. The maximum Gasteiger partial charge on any atom is 0.396 e. The average molecular weight is 276 g/mol. The molecule has 0 unspecified atom stereocenters. The van der Waals surface area contributed by atoms with E-state index in [4.69, 9.17) is 0 Å². The summed E-state index contributed by atoms with van der Waals surface area (Å²) in [6.07, 6.45) is -5.11. The van der Waals surface area contributed by atoms with Crippen molar-refractivity contribution in [3.05, 3.63) is 59.2 Å². The van der Waals surface area contributed by atoms with E-state index < -0.39 is 18.4 Å². The van der Waals surface area contributed by atoms with Gasteiger partial charge in [0.05, 0.1) is 0 Å². The summed E-state index contributed by atoms with van der Waals surface area (Å²) >= 11 is 0. The smallest absolute Gasteiger partial charge is 0.294 e. The molecule has 0 fully saturated rings. The predicted octanol–water partition coefficient (Wildman–Crippen LogP) is 4.39. The third-order valence-corrected chi connectivity index (χ3v) is 3.48. The van der Waals surface area contributed by atoms with Gasteiger partial charge in [0.2, 0.25) is 0 Å². The molecule has 0 heterocycles. The number of rotatable bonds is 2. The number of carbonyl (C=O) groups excluding carboxylic acids is 1. The summed E-state index contributed by atoms with van der Waals surface area (Å²) in [7, 11) is 0. The second kappa shape index (κ2) is 4.47. The first-order valence-corrected chi connectivity index (χ1v) is 6.25. The van der Waals surface area contributed by atoms with E-state index in [9.17, 15) is 18.0 Å². The van der Waals surface area contributed by atoms with E-state index >= 15 is 0 Å². The molecule has 0 saturated heterocycles. The van der Waals surface area contributed by atoms with Gasteiger partial charge in [-0.1, -0.05) is 36.4 Å². The molecular formula is C16H11F3O. The highest BCUT2D eigenvalue weighted by Crippen LogP contribution is 2.37. The molecule has 1 aliphatic rings. The van der Waals surface area contributed by atoms with Gasteiger partial charge in [0.15, 0.2) is 5.78 Å². The topological polar surface area (TPSA) is 17.1 Å². The molecule has 0 atom stereocenters. The molecule has 0 aliphatic heterocycles. The minimum absolute atomic E-state index is 0.123. The van der Waals surface area contributed by atoms with Crippen molar-refractivity contribution in [1.29, 1.82) is 0 Å². The molecule has 0 amide bonds. The fourth-order valence-electron chi connectivity index (χ4n) is 2.58. The van der Waals surface area contributed by atoms with Crippen molar-refractivity contribution < 1.29 is 18.0 Å². The number of benzene rings is 2. The molecule has 102 valence electrons. The van der Waals surface area contributed by atoms with Gasteiger partial charge in [-0.05, 0) is 34.7 Å². The summed E-state index contributed by atoms with van der Waals surface area (Å²) in [4.78, 5) is 11.7. The molecular weight excluding hydrogens is 265 g/mol. The molecule has 2 aromatic rings. The van der Waals surface area contributed by atoms with Crippen molar-refractivity contribution >= 4 is 5.78 Å². The lowest BCUT2D eigenvalue weighted by atomic mass is 10.00. The molecule has 0 saturated carbocycles. The minimum Gasteiger partial charge on any atom is -0.294 e. The number of fused-ring (bicyclic) bond motifs is 3. The fraction of sp³-hybridized carbons (Fsp3) is 0.188. The lowest BCUT2D eigenvalue weighted by Gasteiger charge is -2.07. The van der Waals surface area contributed by atoms with Gasteiger partial charge in [-0.25, -0.2) is 0 Å². The van der Waals surface area contributed by atoms with Crippen LogP contribution in [0.25, 0.3) is 11.1 Å². The highest BCUT2D eigenvalue weighted by molar-refractivity contribution is 5.98. The number of halogens is 3.